The van der Waals surface area contributed by atoms with Crippen LogP contribution in [0.15, 0.2) is 46.2 Å². The molecule has 28 heavy (non-hydrogen) atoms. The number of nitrogens with zero attached hydrogens (tertiary/aromatic N) is 6. The van der Waals surface area contributed by atoms with E-state index in [0.717, 1.165) is 14.7 Å². The van der Waals surface area contributed by atoms with E-state index in [2.05, 4.69) is 15.1 Å². The Morgan fingerprint density at radius 1 is 1.07 bits per heavy atom. The summed E-state index contributed by atoms with van der Waals surface area (Å²) in [6, 6.07) is 8.86. The molecular formula is C18H16N6O4. The van der Waals surface area contributed by atoms with Crippen LogP contribution in [0.25, 0.3) is 28.3 Å². The van der Waals surface area contributed by atoms with Crippen LogP contribution < -0.4 is 16.0 Å². The Kier molecular flexibility index (Phi) is 3.95. The maximum absolute atomic E-state index is 12.7. The van der Waals surface area contributed by atoms with Crippen molar-refractivity contribution >= 4 is 5.78 Å². The lowest BCUT2D eigenvalue weighted by atomic mass is 10.1. The lowest BCUT2D eigenvalue weighted by Gasteiger charge is -2.12. The lowest BCUT2D eigenvalue weighted by Crippen LogP contribution is -2.37. The Morgan fingerprint density at radius 3 is 2.46 bits per heavy atom. The Labute approximate surface area is 157 Å². The molecule has 4 aromatic rings. The lowest BCUT2D eigenvalue weighted by molar-refractivity contribution is 0.414. The van der Waals surface area contributed by atoms with Crippen molar-refractivity contribution in [1.82, 2.24) is 28.7 Å². The van der Waals surface area contributed by atoms with Crippen LogP contribution in [-0.4, -0.2) is 40.9 Å². The molecule has 0 unspecified atom stereocenters. The van der Waals surface area contributed by atoms with E-state index in [0.29, 0.717) is 11.4 Å². The monoisotopic (exact) mass is 380 g/mol. The first-order chi connectivity index (χ1) is 13.4. The zero-order valence-corrected chi connectivity index (χ0v) is 15.3. The summed E-state index contributed by atoms with van der Waals surface area (Å²) in [6.45, 7) is 0. The number of aromatic hydroxyl groups is 1. The van der Waals surface area contributed by atoms with Crippen molar-refractivity contribution in [3.05, 3.63) is 57.5 Å². The minimum Gasteiger partial charge on any atom is -0.497 e. The van der Waals surface area contributed by atoms with Crippen LogP contribution in [0, 0.1) is 0 Å². The van der Waals surface area contributed by atoms with Crippen LogP contribution in [0.5, 0.6) is 11.6 Å². The summed E-state index contributed by atoms with van der Waals surface area (Å²) in [5.41, 5.74) is 0.184. The standard InChI is InChI=1S/C18H16N6O4/c1-22-15(25)14(16(26)23(2)18(22)27)12-8-13(24-17(21-12)19-9-20-24)10-4-6-11(28-3)7-5-10/h4-9,25H,1-3H3. The van der Waals surface area contributed by atoms with Gasteiger partial charge in [0.2, 0.25) is 5.88 Å². The maximum Gasteiger partial charge on any atom is 0.333 e. The van der Waals surface area contributed by atoms with Gasteiger partial charge in [0.1, 0.15) is 17.6 Å². The number of methoxy groups -OCH3 is 1. The van der Waals surface area contributed by atoms with E-state index in [9.17, 15) is 14.7 Å². The first-order valence-electron chi connectivity index (χ1n) is 8.27. The van der Waals surface area contributed by atoms with Crippen LogP contribution >= 0.6 is 0 Å². The Balaban J connectivity index is 2.03. The molecule has 1 N–H and O–H groups in total. The van der Waals surface area contributed by atoms with E-state index in [-0.39, 0.29) is 17.0 Å². The van der Waals surface area contributed by atoms with Crippen LogP contribution in [0.4, 0.5) is 0 Å². The largest absolute Gasteiger partial charge is 0.497 e. The molecule has 10 nitrogen and oxygen atoms in total. The fraction of sp³-hybridized carbons (Fsp3) is 0.167. The number of hydrogen-bond acceptors (Lipinski definition) is 7. The summed E-state index contributed by atoms with van der Waals surface area (Å²) in [4.78, 5) is 33.1. The fourth-order valence-electron chi connectivity index (χ4n) is 2.97. The summed E-state index contributed by atoms with van der Waals surface area (Å²) in [5.74, 6) is 0.473. The molecule has 3 aromatic heterocycles. The molecule has 0 aliphatic heterocycles. The Hall–Kier alpha value is -3.95. The third-order valence-electron chi connectivity index (χ3n) is 4.53. The van der Waals surface area contributed by atoms with E-state index < -0.39 is 17.1 Å². The van der Waals surface area contributed by atoms with Gasteiger partial charge >= 0.3 is 5.69 Å². The molecule has 0 fully saturated rings. The topological polar surface area (TPSA) is 117 Å². The highest BCUT2D eigenvalue weighted by Gasteiger charge is 2.20. The van der Waals surface area contributed by atoms with Crippen molar-refractivity contribution in [2.75, 3.05) is 7.11 Å². The Bertz CT molecular complexity index is 1320. The average Bonchev–Trinajstić information content (AvgIpc) is 3.19. The second-order valence-corrected chi connectivity index (χ2v) is 6.13. The zero-order chi connectivity index (χ0) is 20.0. The van der Waals surface area contributed by atoms with Crippen molar-refractivity contribution in [1.29, 1.82) is 0 Å². The van der Waals surface area contributed by atoms with E-state index in [1.807, 2.05) is 12.1 Å². The number of ether oxygens (including phenoxy) is 1. The highest BCUT2D eigenvalue weighted by atomic mass is 16.5. The van der Waals surface area contributed by atoms with Gasteiger partial charge in [-0.05, 0) is 30.3 Å². The molecule has 0 saturated carbocycles. The molecular weight excluding hydrogens is 364 g/mol. The average molecular weight is 380 g/mol. The quantitative estimate of drug-likeness (QED) is 0.552. The van der Waals surface area contributed by atoms with Crippen LogP contribution in [0.3, 0.4) is 0 Å². The van der Waals surface area contributed by atoms with Gasteiger partial charge in [0, 0.05) is 19.7 Å². The summed E-state index contributed by atoms with van der Waals surface area (Å²) in [5, 5.41) is 14.6. The third-order valence-corrected chi connectivity index (χ3v) is 4.53. The molecule has 10 heteroatoms. The van der Waals surface area contributed by atoms with Gasteiger partial charge in [-0.2, -0.15) is 14.6 Å². The predicted octanol–water partition coefficient (Wildman–Crippen LogP) is 0.570. The molecule has 0 spiro atoms. The zero-order valence-electron chi connectivity index (χ0n) is 15.3. The van der Waals surface area contributed by atoms with Gasteiger partial charge in [-0.3, -0.25) is 13.9 Å². The smallest absolute Gasteiger partial charge is 0.333 e. The molecule has 3 heterocycles. The molecule has 0 bridgehead atoms. The van der Waals surface area contributed by atoms with E-state index in [4.69, 9.17) is 4.74 Å². The molecule has 0 aliphatic carbocycles. The molecule has 0 radical (unpaired) electrons. The molecule has 0 amide bonds. The van der Waals surface area contributed by atoms with Gasteiger partial charge in [-0.15, -0.1) is 0 Å². The van der Waals surface area contributed by atoms with Gasteiger partial charge in [-0.25, -0.2) is 9.78 Å². The second-order valence-electron chi connectivity index (χ2n) is 6.13. The number of benzene rings is 1. The first kappa shape index (κ1) is 17.5. The minimum atomic E-state index is -0.655. The van der Waals surface area contributed by atoms with Gasteiger partial charge < -0.3 is 9.84 Å². The minimum absolute atomic E-state index is 0.0927. The summed E-state index contributed by atoms with van der Waals surface area (Å²) in [6.07, 6.45) is 1.35. The maximum atomic E-state index is 12.7. The van der Waals surface area contributed by atoms with Gasteiger partial charge in [0.15, 0.2) is 0 Å². The number of aromatic nitrogens is 6. The van der Waals surface area contributed by atoms with Crippen molar-refractivity contribution in [3.63, 3.8) is 0 Å². The SMILES string of the molecule is COc1ccc(-c2cc(-c3c(O)n(C)c(=O)n(C)c3=O)nc3ncnn23)cc1. The van der Waals surface area contributed by atoms with Crippen molar-refractivity contribution in [2.24, 2.45) is 14.1 Å². The highest BCUT2D eigenvalue weighted by molar-refractivity contribution is 5.72. The van der Waals surface area contributed by atoms with E-state index in [1.165, 1.54) is 24.9 Å². The number of rotatable bonds is 3. The van der Waals surface area contributed by atoms with Gasteiger partial charge in [0.05, 0.1) is 18.5 Å². The second kappa shape index (κ2) is 6.34. The van der Waals surface area contributed by atoms with Crippen LogP contribution in [0.2, 0.25) is 0 Å². The molecule has 1 aromatic carbocycles. The first-order valence-corrected chi connectivity index (χ1v) is 8.27. The molecule has 0 saturated heterocycles. The summed E-state index contributed by atoms with van der Waals surface area (Å²) < 4.78 is 8.61. The van der Waals surface area contributed by atoms with Crippen molar-refractivity contribution < 1.29 is 9.84 Å². The van der Waals surface area contributed by atoms with E-state index >= 15 is 0 Å². The summed E-state index contributed by atoms with van der Waals surface area (Å²) in [7, 11) is 4.29. The van der Waals surface area contributed by atoms with Crippen molar-refractivity contribution in [2.45, 2.75) is 0 Å². The van der Waals surface area contributed by atoms with Gasteiger partial charge in [-0.1, -0.05) is 0 Å². The molecule has 142 valence electrons. The van der Waals surface area contributed by atoms with Crippen LogP contribution in [0.1, 0.15) is 0 Å². The van der Waals surface area contributed by atoms with E-state index in [1.54, 1.807) is 25.3 Å². The molecule has 4 rings (SSSR count). The Morgan fingerprint density at radius 2 is 1.79 bits per heavy atom. The third kappa shape index (κ3) is 2.54. The highest BCUT2D eigenvalue weighted by Crippen LogP contribution is 2.28. The van der Waals surface area contributed by atoms with Crippen molar-refractivity contribution in [3.8, 4) is 34.1 Å². The fourth-order valence-corrected chi connectivity index (χ4v) is 2.97. The number of hydrogen-bond donors (Lipinski definition) is 1. The number of fused-ring (bicyclic) bond motifs is 1. The molecule has 0 aliphatic rings. The normalized spacial score (nSPS) is 11.1. The summed E-state index contributed by atoms with van der Waals surface area (Å²) >= 11 is 0. The molecule has 0 atom stereocenters. The van der Waals surface area contributed by atoms with Gasteiger partial charge in [0.25, 0.3) is 11.3 Å². The van der Waals surface area contributed by atoms with Crippen LogP contribution in [-0.2, 0) is 14.1 Å². The predicted molar refractivity (Wildman–Crippen MR) is 100 cm³/mol.